The maximum atomic E-state index is 9.42. The number of nitrogens with two attached hydrogens (primary N) is 1. The van der Waals surface area contributed by atoms with Crippen molar-refractivity contribution in [1.82, 2.24) is 9.97 Å². The van der Waals surface area contributed by atoms with Gasteiger partial charge in [-0.2, -0.15) is 4.98 Å². The van der Waals surface area contributed by atoms with Gasteiger partial charge in [-0.1, -0.05) is 13.8 Å². The summed E-state index contributed by atoms with van der Waals surface area (Å²) in [5.74, 6) is 0.470. The van der Waals surface area contributed by atoms with Gasteiger partial charge in [-0.05, 0) is 24.4 Å². The molecule has 0 radical (unpaired) electrons. The Bertz CT molecular complexity index is 346. The number of rotatable bonds is 5. The van der Waals surface area contributed by atoms with E-state index in [0.717, 1.165) is 12.8 Å². The molecule has 5 nitrogen and oxygen atoms in total. The van der Waals surface area contributed by atoms with Gasteiger partial charge in [0.05, 0.1) is 24.0 Å². The van der Waals surface area contributed by atoms with Crippen molar-refractivity contribution in [2.75, 3.05) is 17.7 Å². The van der Waals surface area contributed by atoms with Crippen LogP contribution in [0.1, 0.15) is 26.7 Å². The Morgan fingerprint density at radius 2 is 2.12 bits per heavy atom. The van der Waals surface area contributed by atoms with Gasteiger partial charge < -0.3 is 16.2 Å². The lowest BCUT2D eigenvalue weighted by atomic mass is 9.94. The highest BCUT2D eigenvalue weighted by Gasteiger charge is 2.26. The molecule has 90 valence electrons. The molecule has 0 spiro atoms. The number of nitrogens with one attached hydrogen (secondary N) is 1. The summed E-state index contributed by atoms with van der Waals surface area (Å²) in [5.41, 5.74) is 5.74. The van der Waals surface area contributed by atoms with Crippen LogP contribution in [0.5, 0.6) is 0 Å². The Morgan fingerprint density at radius 1 is 1.50 bits per heavy atom. The molecule has 0 unspecified atom stereocenters. The summed E-state index contributed by atoms with van der Waals surface area (Å²) < 4.78 is 0. The van der Waals surface area contributed by atoms with Crippen molar-refractivity contribution in [3.63, 3.8) is 0 Å². The smallest absolute Gasteiger partial charge is 0.224 e. The van der Waals surface area contributed by atoms with Crippen LogP contribution in [0.2, 0.25) is 5.28 Å². The number of halogens is 1. The second-order valence-electron chi connectivity index (χ2n) is 3.71. The van der Waals surface area contributed by atoms with E-state index in [1.807, 2.05) is 13.8 Å². The fourth-order valence-electron chi connectivity index (χ4n) is 1.41. The van der Waals surface area contributed by atoms with E-state index in [1.165, 1.54) is 6.20 Å². The third kappa shape index (κ3) is 2.74. The molecule has 1 rings (SSSR count). The van der Waals surface area contributed by atoms with E-state index in [1.54, 1.807) is 0 Å². The quantitative estimate of drug-likeness (QED) is 0.687. The fraction of sp³-hybridized carbons (Fsp3) is 0.600. The second kappa shape index (κ2) is 5.32. The minimum atomic E-state index is -0.411. The van der Waals surface area contributed by atoms with E-state index in [-0.39, 0.29) is 11.9 Å². The maximum absolute atomic E-state index is 9.42. The predicted octanol–water partition coefficient (Wildman–Crippen LogP) is 1.68. The minimum absolute atomic E-state index is 0.0149. The average molecular weight is 245 g/mol. The molecule has 0 aliphatic heterocycles. The Kier molecular flexibility index (Phi) is 4.32. The van der Waals surface area contributed by atoms with Crippen LogP contribution in [0.25, 0.3) is 0 Å². The van der Waals surface area contributed by atoms with Gasteiger partial charge in [-0.3, -0.25) is 0 Å². The van der Waals surface area contributed by atoms with Gasteiger partial charge in [0.2, 0.25) is 5.28 Å². The van der Waals surface area contributed by atoms with Gasteiger partial charge in [-0.25, -0.2) is 4.98 Å². The zero-order valence-electron chi connectivity index (χ0n) is 9.50. The van der Waals surface area contributed by atoms with Crippen molar-refractivity contribution in [3.05, 3.63) is 11.5 Å². The molecule has 0 amide bonds. The molecule has 0 bridgehead atoms. The Morgan fingerprint density at radius 3 is 2.62 bits per heavy atom. The zero-order chi connectivity index (χ0) is 12.2. The third-order valence-corrected chi connectivity index (χ3v) is 3.01. The molecule has 0 aliphatic carbocycles. The van der Waals surface area contributed by atoms with E-state index in [4.69, 9.17) is 17.3 Å². The van der Waals surface area contributed by atoms with Crippen molar-refractivity contribution in [3.8, 4) is 0 Å². The maximum Gasteiger partial charge on any atom is 0.224 e. The lowest BCUT2D eigenvalue weighted by Crippen LogP contribution is -2.41. The van der Waals surface area contributed by atoms with Gasteiger partial charge in [0.1, 0.15) is 0 Å². The van der Waals surface area contributed by atoms with Gasteiger partial charge in [0.15, 0.2) is 5.82 Å². The van der Waals surface area contributed by atoms with E-state index in [9.17, 15) is 5.11 Å². The summed E-state index contributed by atoms with van der Waals surface area (Å²) in [6.45, 7) is 4.00. The molecule has 0 saturated heterocycles. The molecule has 0 fully saturated rings. The number of anilines is 2. The van der Waals surface area contributed by atoms with E-state index in [0.29, 0.717) is 11.5 Å². The molecule has 1 aromatic rings. The Labute approximate surface area is 100 Å². The number of hydrogen-bond acceptors (Lipinski definition) is 5. The second-order valence-corrected chi connectivity index (χ2v) is 4.05. The van der Waals surface area contributed by atoms with Crippen molar-refractivity contribution in [2.45, 2.75) is 32.2 Å². The Balaban J connectivity index is 2.97. The molecule has 4 N–H and O–H groups in total. The van der Waals surface area contributed by atoms with Crippen LogP contribution in [0.15, 0.2) is 6.20 Å². The lowest BCUT2D eigenvalue weighted by Gasteiger charge is -2.31. The standard InChI is InChI=1S/C10H17ClN4O/c1-3-10(4-2,6-16)15-8-7(12)5-13-9(11)14-8/h5,16H,3-4,6,12H2,1-2H3,(H,13,14,15). The minimum Gasteiger partial charge on any atom is -0.394 e. The van der Waals surface area contributed by atoms with E-state index in [2.05, 4.69) is 15.3 Å². The first kappa shape index (κ1) is 13.0. The third-order valence-electron chi connectivity index (χ3n) is 2.83. The summed E-state index contributed by atoms with van der Waals surface area (Å²) in [7, 11) is 0. The number of aliphatic hydroxyl groups excluding tert-OH is 1. The van der Waals surface area contributed by atoms with Gasteiger partial charge >= 0.3 is 0 Å². The SMILES string of the molecule is CCC(CC)(CO)Nc1nc(Cl)ncc1N. The molecule has 0 aromatic carbocycles. The van der Waals surface area contributed by atoms with Crippen LogP contribution in [0.3, 0.4) is 0 Å². The number of nitrogens with zero attached hydrogens (tertiary/aromatic N) is 2. The van der Waals surface area contributed by atoms with Crippen LogP contribution in [0.4, 0.5) is 11.5 Å². The highest BCUT2D eigenvalue weighted by Crippen LogP contribution is 2.24. The lowest BCUT2D eigenvalue weighted by molar-refractivity contribution is 0.202. The van der Waals surface area contributed by atoms with Gasteiger partial charge in [0.25, 0.3) is 0 Å². The molecule has 1 heterocycles. The number of aromatic nitrogens is 2. The van der Waals surface area contributed by atoms with Crippen LogP contribution >= 0.6 is 11.6 Å². The van der Waals surface area contributed by atoms with Crippen molar-refractivity contribution in [1.29, 1.82) is 0 Å². The van der Waals surface area contributed by atoms with Crippen molar-refractivity contribution >= 4 is 23.1 Å². The topological polar surface area (TPSA) is 84.1 Å². The molecular formula is C10H17ClN4O. The average Bonchev–Trinajstić information content (AvgIpc) is 2.31. The molecule has 16 heavy (non-hydrogen) atoms. The summed E-state index contributed by atoms with van der Waals surface area (Å²) >= 11 is 5.69. The molecule has 0 saturated carbocycles. The first-order valence-corrected chi connectivity index (χ1v) is 5.61. The monoisotopic (exact) mass is 244 g/mol. The molecular weight excluding hydrogens is 228 g/mol. The number of aliphatic hydroxyl groups is 1. The zero-order valence-corrected chi connectivity index (χ0v) is 10.3. The summed E-state index contributed by atoms with van der Waals surface area (Å²) in [6.07, 6.45) is 2.98. The molecule has 0 atom stereocenters. The summed E-state index contributed by atoms with van der Waals surface area (Å²) in [6, 6.07) is 0. The van der Waals surface area contributed by atoms with Crippen LogP contribution < -0.4 is 11.1 Å². The normalized spacial score (nSPS) is 11.5. The summed E-state index contributed by atoms with van der Waals surface area (Å²) in [5, 5.41) is 12.7. The van der Waals surface area contributed by atoms with Crippen LogP contribution in [0, 0.1) is 0 Å². The molecule has 1 aromatic heterocycles. The van der Waals surface area contributed by atoms with Gasteiger partial charge in [0, 0.05) is 0 Å². The molecule has 6 heteroatoms. The summed E-state index contributed by atoms with van der Waals surface area (Å²) in [4.78, 5) is 7.78. The highest BCUT2D eigenvalue weighted by molar-refractivity contribution is 6.28. The Hall–Kier alpha value is -1.07. The number of hydrogen-bond donors (Lipinski definition) is 3. The predicted molar refractivity (Wildman–Crippen MR) is 65.5 cm³/mol. The fourth-order valence-corrected chi connectivity index (χ4v) is 1.54. The first-order valence-electron chi connectivity index (χ1n) is 5.24. The van der Waals surface area contributed by atoms with Crippen LogP contribution in [-0.2, 0) is 0 Å². The van der Waals surface area contributed by atoms with Gasteiger partial charge in [-0.15, -0.1) is 0 Å². The highest BCUT2D eigenvalue weighted by atomic mass is 35.5. The van der Waals surface area contributed by atoms with Crippen molar-refractivity contribution in [2.24, 2.45) is 0 Å². The van der Waals surface area contributed by atoms with E-state index < -0.39 is 5.54 Å². The molecule has 0 aliphatic rings. The van der Waals surface area contributed by atoms with E-state index >= 15 is 0 Å². The first-order chi connectivity index (χ1) is 7.56. The van der Waals surface area contributed by atoms with Crippen LogP contribution in [-0.4, -0.2) is 27.2 Å². The number of nitrogen functional groups attached to an aromatic ring is 1. The van der Waals surface area contributed by atoms with Crippen molar-refractivity contribution < 1.29 is 5.11 Å². The largest absolute Gasteiger partial charge is 0.394 e.